The van der Waals surface area contributed by atoms with Crippen molar-refractivity contribution in [3.8, 4) is 0 Å². The SMILES string of the molecule is Cn1cc(C(=O)NCC(F)(F)F)cn1. The molecule has 0 aliphatic heterocycles. The number of halogens is 3. The minimum Gasteiger partial charge on any atom is -0.343 e. The summed E-state index contributed by atoms with van der Waals surface area (Å²) in [5.74, 6) is -0.782. The van der Waals surface area contributed by atoms with Gasteiger partial charge in [-0.2, -0.15) is 18.3 Å². The van der Waals surface area contributed by atoms with E-state index >= 15 is 0 Å². The van der Waals surface area contributed by atoms with E-state index < -0.39 is 18.6 Å². The molecule has 0 radical (unpaired) electrons. The van der Waals surface area contributed by atoms with Crippen molar-refractivity contribution in [1.82, 2.24) is 15.1 Å². The van der Waals surface area contributed by atoms with Crippen LogP contribution >= 0.6 is 0 Å². The van der Waals surface area contributed by atoms with E-state index in [9.17, 15) is 18.0 Å². The van der Waals surface area contributed by atoms with Crippen molar-refractivity contribution in [2.75, 3.05) is 6.54 Å². The third kappa shape index (κ3) is 3.08. The lowest BCUT2D eigenvalue weighted by atomic mass is 10.3. The van der Waals surface area contributed by atoms with Crippen LogP contribution in [-0.4, -0.2) is 28.4 Å². The molecule has 0 saturated heterocycles. The second-order valence-corrected chi connectivity index (χ2v) is 2.70. The van der Waals surface area contributed by atoms with E-state index in [1.165, 1.54) is 17.1 Å². The molecule has 0 spiro atoms. The number of nitrogens with zero attached hydrogens (tertiary/aromatic N) is 2. The minimum atomic E-state index is -4.39. The third-order valence-electron chi connectivity index (χ3n) is 1.42. The van der Waals surface area contributed by atoms with Crippen molar-refractivity contribution in [3.05, 3.63) is 18.0 Å². The summed E-state index contributed by atoms with van der Waals surface area (Å²) in [6.45, 7) is -1.33. The molecule has 0 fully saturated rings. The first kappa shape index (κ1) is 10.6. The van der Waals surface area contributed by atoms with Gasteiger partial charge in [-0.15, -0.1) is 0 Å². The second-order valence-electron chi connectivity index (χ2n) is 2.70. The maximum atomic E-state index is 11.7. The number of carbonyl (C=O) groups is 1. The number of rotatable bonds is 2. The van der Waals surface area contributed by atoms with Crippen LogP contribution < -0.4 is 5.32 Å². The van der Waals surface area contributed by atoms with Crippen LogP contribution in [0.5, 0.6) is 0 Å². The Morgan fingerprint density at radius 1 is 1.64 bits per heavy atom. The summed E-state index contributed by atoms with van der Waals surface area (Å²) in [5.41, 5.74) is 0.108. The molecule has 0 aliphatic rings. The fourth-order valence-corrected chi connectivity index (χ4v) is 0.821. The van der Waals surface area contributed by atoms with E-state index in [0.29, 0.717) is 0 Å². The molecule has 1 N–H and O–H groups in total. The Hall–Kier alpha value is -1.53. The monoisotopic (exact) mass is 207 g/mol. The van der Waals surface area contributed by atoms with Crippen molar-refractivity contribution in [2.24, 2.45) is 7.05 Å². The van der Waals surface area contributed by atoms with E-state index in [4.69, 9.17) is 0 Å². The predicted molar refractivity (Wildman–Crippen MR) is 41.6 cm³/mol. The van der Waals surface area contributed by atoms with Gasteiger partial charge >= 0.3 is 6.18 Å². The highest BCUT2D eigenvalue weighted by atomic mass is 19.4. The van der Waals surface area contributed by atoms with Crippen LogP contribution in [0.4, 0.5) is 13.2 Å². The third-order valence-corrected chi connectivity index (χ3v) is 1.42. The summed E-state index contributed by atoms with van der Waals surface area (Å²) in [4.78, 5) is 11.0. The van der Waals surface area contributed by atoms with E-state index in [1.54, 1.807) is 12.4 Å². The lowest BCUT2D eigenvalue weighted by Crippen LogP contribution is -2.33. The van der Waals surface area contributed by atoms with Crippen molar-refractivity contribution < 1.29 is 18.0 Å². The Kier molecular flexibility index (Phi) is 2.78. The highest BCUT2D eigenvalue weighted by Crippen LogP contribution is 2.12. The molecule has 7 heteroatoms. The van der Waals surface area contributed by atoms with Gasteiger partial charge in [-0.25, -0.2) is 0 Å². The van der Waals surface area contributed by atoms with Gasteiger partial charge in [-0.3, -0.25) is 9.48 Å². The maximum absolute atomic E-state index is 11.7. The average Bonchev–Trinajstić information content (AvgIpc) is 2.46. The van der Waals surface area contributed by atoms with E-state index in [1.807, 2.05) is 0 Å². The largest absolute Gasteiger partial charge is 0.405 e. The fourth-order valence-electron chi connectivity index (χ4n) is 0.821. The molecule has 1 aromatic heterocycles. The lowest BCUT2D eigenvalue weighted by molar-refractivity contribution is -0.123. The van der Waals surface area contributed by atoms with Crippen LogP contribution in [0.2, 0.25) is 0 Å². The van der Waals surface area contributed by atoms with Gasteiger partial charge < -0.3 is 5.32 Å². The summed E-state index contributed by atoms with van der Waals surface area (Å²) in [5, 5.41) is 5.39. The summed E-state index contributed by atoms with van der Waals surface area (Å²) in [7, 11) is 1.57. The van der Waals surface area contributed by atoms with Crippen LogP contribution in [0.15, 0.2) is 12.4 Å². The van der Waals surface area contributed by atoms with Crippen LogP contribution in [0.3, 0.4) is 0 Å². The Morgan fingerprint density at radius 2 is 2.29 bits per heavy atom. The number of nitrogens with one attached hydrogen (secondary N) is 1. The van der Waals surface area contributed by atoms with Crippen LogP contribution in [0, 0.1) is 0 Å². The van der Waals surface area contributed by atoms with E-state index in [0.717, 1.165) is 0 Å². The first-order valence-corrected chi connectivity index (χ1v) is 3.72. The Bertz CT molecular complexity index is 331. The van der Waals surface area contributed by atoms with Gasteiger partial charge in [-0.05, 0) is 0 Å². The smallest absolute Gasteiger partial charge is 0.343 e. The van der Waals surface area contributed by atoms with Crippen LogP contribution in [0.25, 0.3) is 0 Å². The van der Waals surface area contributed by atoms with Gasteiger partial charge in [-0.1, -0.05) is 0 Å². The highest BCUT2D eigenvalue weighted by Gasteiger charge is 2.28. The zero-order valence-corrected chi connectivity index (χ0v) is 7.30. The number of hydrogen-bond donors (Lipinski definition) is 1. The van der Waals surface area contributed by atoms with Gasteiger partial charge in [0.2, 0.25) is 0 Å². The van der Waals surface area contributed by atoms with Crippen LogP contribution in [-0.2, 0) is 7.05 Å². The first-order chi connectivity index (χ1) is 6.38. The zero-order chi connectivity index (χ0) is 10.8. The maximum Gasteiger partial charge on any atom is 0.405 e. The molecule has 78 valence electrons. The molecule has 0 aliphatic carbocycles. The molecule has 0 unspecified atom stereocenters. The average molecular weight is 207 g/mol. The van der Waals surface area contributed by atoms with Gasteiger partial charge in [0.15, 0.2) is 0 Å². The van der Waals surface area contributed by atoms with Crippen molar-refractivity contribution in [2.45, 2.75) is 6.18 Å². The number of carbonyl (C=O) groups excluding carboxylic acids is 1. The quantitative estimate of drug-likeness (QED) is 0.776. The molecule has 14 heavy (non-hydrogen) atoms. The van der Waals surface area contributed by atoms with Gasteiger partial charge in [0.05, 0.1) is 11.8 Å². The molecular weight excluding hydrogens is 199 g/mol. The Morgan fingerprint density at radius 3 is 2.71 bits per heavy atom. The van der Waals surface area contributed by atoms with Crippen molar-refractivity contribution in [3.63, 3.8) is 0 Å². The second kappa shape index (κ2) is 3.69. The number of aryl methyl sites for hydroxylation is 1. The standard InChI is InChI=1S/C7H8F3N3O/c1-13-3-5(2-12-13)6(14)11-4-7(8,9)10/h2-3H,4H2,1H3,(H,11,14). The zero-order valence-electron chi connectivity index (χ0n) is 7.30. The highest BCUT2D eigenvalue weighted by molar-refractivity contribution is 5.93. The predicted octanol–water partition coefficient (Wildman–Crippen LogP) is 0.712. The number of amides is 1. The molecule has 4 nitrogen and oxygen atoms in total. The molecule has 0 atom stereocenters. The Labute approximate surface area is 77.7 Å². The fraction of sp³-hybridized carbons (Fsp3) is 0.429. The van der Waals surface area contributed by atoms with Gasteiger partial charge in [0, 0.05) is 13.2 Å². The number of alkyl halides is 3. The van der Waals surface area contributed by atoms with E-state index in [-0.39, 0.29) is 5.56 Å². The molecule has 1 aromatic rings. The summed E-state index contributed by atoms with van der Waals surface area (Å²) in [6, 6.07) is 0. The topological polar surface area (TPSA) is 46.9 Å². The summed E-state index contributed by atoms with van der Waals surface area (Å²) < 4.78 is 36.4. The molecule has 0 saturated carbocycles. The molecule has 1 rings (SSSR count). The first-order valence-electron chi connectivity index (χ1n) is 3.72. The number of hydrogen-bond acceptors (Lipinski definition) is 2. The molecule has 0 bridgehead atoms. The molecule has 0 aromatic carbocycles. The van der Waals surface area contributed by atoms with Gasteiger partial charge in [0.25, 0.3) is 5.91 Å². The van der Waals surface area contributed by atoms with Crippen LogP contribution in [0.1, 0.15) is 10.4 Å². The minimum absolute atomic E-state index is 0.108. The summed E-state index contributed by atoms with van der Waals surface area (Å²) >= 11 is 0. The van der Waals surface area contributed by atoms with Gasteiger partial charge in [0.1, 0.15) is 6.54 Å². The molecular formula is C7H8F3N3O. The summed E-state index contributed by atoms with van der Waals surface area (Å²) in [6.07, 6.45) is -1.85. The number of aromatic nitrogens is 2. The normalized spacial score (nSPS) is 11.4. The Balaban J connectivity index is 2.52. The van der Waals surface area contributed by atoms with Crippen molar-refractivity contribution >= 4 is 5.91 Å². The molecule has 1 heterocycles. The van der Waals surface area contributed by atoms with Crippen molar-refractivity contribution in [1.29, 1.82) is 0 Å². The van der Waals surface area contributed by atoms with E-state index in [2.05, 4.69) is 5.10 Å². The lowest BCUT2D eigenvalue weighted by Gasteiger charge is -2.06. The molecule has 1 amide bonds.